The van der Waals surface area contributed by atoms with E-state index in [1.807, 2.05) is 6.08 Å². The summed E-state index contributed by atoms with van der Waals surface area (Å²) >= 11 is 0. The molecule has 0 aliphatic carbocycles. The fourth-order valence-electron chi connectivity index (χ4n) is 2.10. The number of hydrogen-bond acceptors (Lipinski definition) is 4. The Morgan fingerprint density at radius 1 is 1.24 bits per heavy atom. The fourth-order valence-corrected chi connectivity index (χ4v) is 2.10. The molecule has 120 valence electrons. The van der Waals surface area contributed by atoms with Crippen molar-refractivity contribution in [2.24, 2.45) is 0 Å². The van der Waals surface area contributed by atoms with Crippen molar-refractivity contribution in [1.82, 2.24) is 0 Å². The van der Waals surface area contributed by atoms with Crippen LogP contribution in [0.15, 0.2) is 24.3 Å². The molecular formula is C17H28O4. The van der Waals surface area contributed by atoms with Crippen LogP contribution >= 0.6 is 0 Å². The lowest BCUT2D eigenvalue weighted by atomic mass is 10.2. The minimum atomic E-state index is -0.288. The first kappa shape index (κ1) is 17.9. The van der Waals surface area contributed by atoms with E-state index in [9.17, 15) is 4.79 Å². The number of esters is 1. The highest BCUT2D eigenvalue weighted by Gasteiger charge is 2.12. The summed E-state index contributed by atoms with van der Waals surface area (Å²) in [7, 11) is 0. The van der Waals surface area contributed by atoms with Crippen molar-refractivity contribution in [2.45, 2.75) is 58.2 Å². The monoisotopic (exact) mass is 296 g/mol. The van der Waals surface area contributed by atoms with Gasteiger partial charge in [-0.15, -0.1) is 0 Å². The van der Waals surface area contributed by atoms with E-state index >= 15 is 0 Å². The number of carbonyl (C=O) groups excluding carboxylic acids is 1. The normalized spacial score (nSPS) is 19.4. The molecule has 0 aromatic heterocycles. The van der Waals surface area contributed by atoms with Crippen LogP contribution in [0.4, 0.5) is 0 Å². The van der Waals surface area contributed by atoms with Gasteiger partial charge in [0.05, 0.1) is 6.61 Å². The molecule has 0 radical (unpaired) electrons. The highest BCUT2D eigenvalue weighted by atomic mass is 16.7. The predicted octanol–water partition coefficient (Wildman–Crippen LogP) is 3.77. The second kappa shape index (κ2) is 12.6. The molecule has 0 N–H and O–H groups in total. The molecule has 1 saturated heterocycles. The van der Waals surface area contributed by atoms with Crippen molar-refractivity contribution in [3.05, 3.63) is 24.3 Å². The topological polar surface area (TPSA) is 44.8 Å². The summed E-state index contributed by atoms with van der Waals surface area (Å²) < 4.78 is 16.0. The molecule has 0 amide bonds. The van der Waals surface area contributed by atoms with Crippen LogP contribution in [0.2, 0.25) is 0 Å². The van der Waals surface area contributed by atoms with Crippen LogP contribution in [0.5, 0.6) is 0 Å². The molecule has 1 unspecified atom stereocenters. The van der Waals surface area contributed by atoms with Gasteiger partial charge in [0.1, 0.15) is 0 Å². The van der Waals surface area contributed by atoms with Crippen LogP contribution in [0.25, 0.3) is 0 Å². The van der Waals surface area contributed by atoms with Gasteiger partial charge in [-0.05, 0) is 45.4 Å². The maximum Gasteiger partial charge on any atom is 0.330 e. The number of allylic oxidation sites excluding steroid dienone is 3. The molecule has 1 fully saturated rings. The first-order valence-electron chi connectivity index (χ1n) is 8.06. The van der Waals surface area contributed by atoms with Gasteiger partial charge in [-0.2, -0.15) is 0 Å². The summed E-state index contributed by atoms with van der Waals surface area (Å²) in [5.74, 6) is -0.288. The van der Waals surface area contributed by atoms with E-state index in [4.69, 9.17) is 14.2 Å². The Morgan fingerprint density at radius 3 is 2.90 bits per heavy atom. The summed E-state index contributed by atoms with van der Waals surface area (Å²) in [6.07, 6.45) is 15.0. The van der Waals surface area contributed by atoms with E-state index in [0.717, 1.165) is 51.7 Å². The van der Waals surface area contributed by atoms with E-state index in [1.54, 1.807) is 13.0 Å². The van der Waals surface area contributed by atoms with E-state index in [-0.39, 0.29) is 12.3 Å². The lowest BCUT2D eigenvalue weighted by Crippen LogP contribution is -2.22. The molecule has 1 aliphatic heterocycles. The zero-order chi connectivity index (χ0) is 15.2. The van der Waals surface area contributed by atoms with Crippen molar-refractivity contribution in [3.8, 4) is 0 Å². The zero-order valence-corrected chi connectivity index (χ0v) is 13.1. The third kappa shape index (κ3) is 10.3. The molecule has 0 bridgehead atoms. The molecule has 1 rings (SSSR count). The molecule has 1 heterocycles. The zero-order valence-electron chi connectivity index (χ0n) is 13.1. The maximum atomic E-state index is 11.0. The Bertz CT molecular complexity index is 317. The SMILES string of the molecule is CCOC(=O)/C=C/C=C/CCCCCOC1CCCCO1. The average molecular weight is 296 g/mol. The quantitative estimate of drug-likeness (QED) is 0.266. The molecule has 0 spiro atoms. The summed E-state index contributed by atoms with van der Waals surface area (Å²) in [4.78, 5) is 11.0. The molecule has 4 nitrogen and oxygen atoms in total. The molecule has 1 aliphatic rings. The van der Waals surface area contributed by atoms with Gasteiger partial charge in [0.2, 0.25) is 0 Å². The Morgan fingerprint density at radius 2 is 2.14 bits per heavy atom. The first-order chi connectivity index (χ1) is 10.3. The standard InChI is InChI=1S/C17H28O4/c1-2-19-16(18)12-8-6-4-3-5-7-10-14-20-17-13-9-11-15-21-17/h4,6,8,12,17H,2-3,5,7,9-11,13-15H2,1H3/b6-4+,12-8+. The van der Waals surface area contributed by atoms with Gasteiger partial charge in [0, 0.05) is 19.3 Å². The lowest BCUT2D eigenvalue weighted by Gasteiger charge is -2.22. The van der Waals surface area contributed by atoms with Gasteiger partial charge in [0.25, 0.3) is 0 Å². The highest BCUT2D eigenvalue weighted by Crippen LogP contribution is 2.14. The minimum Gasteiger partial charge on any atom is -0.463 e. The van der Waals surface area contributed by atoms with Gasteiger partial charge in [-0.3, -0.25) is 0 Å². The molecule has 1 atom stereocenters. The third-order valence-corrected chi connectivity index (χ3v) is 3.22. The number of carbonyl (C=O) groups is 1. The highest BCUT2D eigenvalue weighted by molar-refractivity contribution is 5.82. The van der Waals surface area contributed by atoms with Gasteiger partial charge in [0.15, 0.2) is 6.29 Å². The lowest BCUT2D eigenvalue weighted by molar-refractivity contribution is -0.162. The number of ether oxygens (including phenoxy) is 3. The smallest absolute Gasteiger partial charge is 0.330 e. The number of unbranched alkanes of at least 4 members (excludes halogenated alkanes) is 3. The van der Waals surface area contributed by atoms with Crippen LogP contribution < -0.4 is 0 Å². The number of rotatable bonds is 10. The second-order valence-corrected chi connectivity index (χ2v) is 5.06. The average Bonchev–Trinajstić information content (AvgIpc) is 2.50. The van der Waals surface area contributed by atoms with Gasteiger partial charge in [-0.1, -0.05) is 24.6 Å². The summed E-state index contributed by atoms with van der Waals surface area (Å²) in [6.45, 7) is 3.85. The molecule has 0 saturated carbocycles. The largest absolute Gasteiger partial charge is 0.463 e. The summed E-state index contributed by atoms with van der Waals surface area (Å²) in [6, 6.07) is 0. The minimum absolute atomic E-state index is 0.0339. The molecule has 4 heteroatoms. The van der Waals surface area contributed by atoms with Crippen molar-refractivity contribution in [2.75, 3.05) is 19.8 Å². The van der Waals surface area contributed by atoms with E-state index in [1.165, 1.54) is 12.5 Å². The van der Waals surface area contributed by atoms with Crippen molar-refractivity contribution in [3.63, 3.8) is 0 Å². The number of hydrogen-bond donors (Lipinski definition) is 0. The first-order valence-corrected chi connectivity index (χ1v) is 8.06. The Hall–Kier alpha value is -1.13. The van der Waals surface area contributed by atoms with Crippen molar-refractivity contribution in [1.29, 1.82) is 0 Å². The van der Waals surface area contributed by atoms with E-state index in [0.29, 0.717) is 6.61 Å². The van der Waals surface area contributed by atoms with Crippen molar-refractivity contribution >= 4 is 5.97 Å². The Kier molecular flexibility index (Phi) is 10.8. The van der Waals surface area contributed by atoms with Crippen molar-refractivity contribution < 1.29 is 19.0 Å². The van der Waals surface area contributed by atoms with E-state index < -0.39 is 0 Å². The van der Waals surface area contributed by atoms with Crippen LogP contribution in [-0.2, 0) is 19.0 Å². The summed E-state index contributed by atoms with van der Waals surface area (Å²) in [5, 5.41) is 0. The van der Waals surface area contributed by atoms with Gasteiger partial charge >= 0.3 is 5.97 Å². The Balaban J connectivity index is 1.88. The molecule has 21 heavy (non-hydrogen) atoms. The molecule has 0 aromatic carbocycles. The molecular weight excluding hydrogens is 268 g/mol. The van der Waals surface area contributed by atoms with Gasteiger partial charge < -0.3 is 14.2 Å². The maximum absolute atomic E-state index is 11.0. The van der Waals surface area contributed by atoms with Crippen LogP contribution in [0.1, 0.15) is 51.9 Å². The van der Waals surface area contributed by atoms with Crippen LogP contribution in [-0.4, -0.2) is 32.1 Å². The van der Waals surface area contributed by atoms with Crippen LogP contribution in [0.3, 0.4) is 0 Å². The predicted molar refractivity (Wildman–Crippen MR) is 82.9 cm³/mol. The summed E-state index contributed by atoms with van der Waals surface area (Å²) in [5.41, 5.74) is 0. The fraction of sp³-hybridized carbons (Fsp3) is 0.706. The van der Waals surface area contributed by atoms with E-state index in [2.05, 4.69) is 6.08 Å². The van der Waals surface area contributed by atoms with Crippen LogP contribution in [0, 0.1) is 0 Å². The van der Waals surface area contributed by atoms with Gasteiger partial charge in [-0.25, -0.2) is 4.79 Å². The second-order valence-electron chi connectivity index (χ2n) is 5.06. The molecule has 0 aromatic rings. The Labute approximate surface area is 128 Å². The third-order valence-electron chi connectivity index (χ3n) is 3.22.